The zero-order valence-electron chi connectivity index (χ0n) is 24.8. The van der Waals surface area contributed by atoms with Crippen LogP contribution >= 0.6 is 0 Å². The fourth-order valence-electron chi connectivity index (χ4n) is 5.79. The monoisotopic (exact) mass is 645 g/mol. The first-order valence-corrected chi connectivity index (χ1v) is 16.0. The summed E-state index contributed by atoms with van der Waals surface area (Å²) in [6, 6.07) is 21.2. The Morgan fingerprint density at radius 2 is 1.67 bits per heavy atom. The molecule has 3 N–H and O–H groups in total. The molecule has 0 unspecified atom stereocenters. The number of pyridine rings is 1. The summed E-state index contributed by atoms with van der Waals surface area (Å²) in [5.41, 5.74) is 8.38. The number of fused-ring (bicyclic) bond motifs is 1. The molecule has 46 heavy (non-hydrogen) atoms. The normalized spacial score (nSPS) is 15.7. The number of hydrogen-bond donors (Lipinski definition) is 2. The number of amides is 1. The fourth-order valence-corrected chi connectivity index (χ4v) is 7.05. The number of anilines is 2. The van der Waals surface area contributed by atoms with Crippen molar-refractivity contribution in [2.45, 2.75) is 24.4 Å². The van der Waals surface area contributed by atoms with Crippen molar-refractivity contribution in [3.8, 4) is 11.1 Å². The number of para-hydroxylation sites is 1. The summed E-state index contributed by atoms with van der Waals surface area (Å²) in [4.78, 5) is 21.3. The van der Waals surface area contributed by atoms with E-state index in [0.29, 0.717) is 41.0 Å². The van der Waals surface area contributed by atoms with Gasteiger partial charge in [-0.3, -0.25) is 19.4 Å². The van der Waals surface area contributed by atoms with E-state index in [1.54, 1.807) is 34.2 Å². The molecule has 2 heterocycles. The number of nitrogens with one attached hydrogen (secondary N) is 1. The van der Waals surface area contributed by atoms with Gasteiger partial charge in [0.05, 0.1) is 10.4 Å². The van der Waals surface area contributed by atoms with E-state index < -0.39 is 27.5 Å². The number of hydrogen-bond acceptors (Lipinski definition) is 6. The Morgan fingerprint density at radius 3 is 2.43 bits per heavy atom. The maximum atomic E-state index is 14.2. The quantitative estimate of drug-likeness (QED) is 0.165. The minimum atomic E-state index is -4.09. The van der Waals surface area contributed by atoms with E-state index in [1.807, 2.05) is 25.1 Å². The lowest BCUT2D eigenvalue weighted by molar-refractivity contribution is 0.0470. The molecular formula is C34H30F3N5O3S. The molecule has 0 bridgehead atoms. The van der Waals surface area contributed by atoms with Crippen LogP contribution in [0.2, 0.25) is 0 Å². The summed E-state index contributed by atoms with van der Waals surface area (Å²) in [6.07, 6.45) is 1.64. The highest BCUT2D eigenvalue weighted by Gasteiger charge is 2.30. The van der Waals surface area contributed by atoms with Gasteiger partial charge in [0.1, 0.15) is 5.82 Å². The van der Waals surface area contributed by atoms with E-state index in [4.69, 9.17) is 5.73 Å². The fraction of sp³-hybridized carbons (Fsp3) is 0.176. The predicted octanol–water partition coefficient (Wildman–Crippen LogP) is 6.05. The first-order chi connectivity index (χ1) is 22.0. The smallest absolute Gasteiger partial charge is 0.262 e. The Hall–Kier alpha value is -4.94. The average Bonchev–Trinajstić information content (AvgIpc) is 3.04. The minimum absolute atomic E-state index is 0.0182. The van der Waals surface area contributed by atoms with Crippen molar-refractivity contribution >= 4 is 38.2 Å². The summed E-state index contributed by atoms with van der Waals surface area (Å²) >= 11 is 0. The molecule has 0 radical (unpaired) electrons. The largest absolute Gasteiger partial charge is 0.399 e. The summed E-state index contributed by atoms with van der Waals surface area (Å²) < 4.78 is 71.9. The summed E-state index contributed by atoms with van der Waals surface area (Å²) in [7, 11) is -4.09. The zero-order chi connectivity index (χ0) is 32.6. The first kappa shape index (κ1) is 31.1. The highest BCUT2D eigenvalue weighted by atomic mass is 32.2. The molecule has 0 saturated carbocycles. The second kappa shape index (κ2) is 12.5. The van der Waals surface area contributed by atoms with Crippen molar-refractivity contribution < 1.29 is 26.4 Å². The molecule has 1 aliphatic rings. The maximum absolute atomic E-state index is 14.2. The van der Waals surface area contributed by atoms with Gasteiger partial charge in [-0.25, -0.2) is 21.6 Å². The predicted molar refractivity (Wildman–Crippen MR) is 171 cm³/mol. The van der Waals surface area contributed by atoms with Gasteiger partial charge in [0.25, 0.3) is 15.9 Å². The molecule has 0 spiro atoms. The molecule has 8 nitrogen and oxygen atoms in total. The van der Waals surface area contributed by atoms with Crippen LogP contribution in [-0.4, -0.2) is 54.8 Å². The Morgan fingerprint density at radius 1 is 0.935 bits per heavy atom. The van der Waals surface area contributed by atoms with Crippen molar-refractivity contribution in [3.63, 3.8) is 0 Å². The first-order valence-electron chi connectivity index (χ1n) is 14.5. The number of halogens is 3. The van der Waals surface area contributed by atoms with E-state index in [0.717, 1.165) is 17.5 Å². The van der Waals surface area contributed by atoms with Gasteiger partial charge in [-0.05, 0) is 67.6 Å². The topological polar surface area (TPSA) is 109 Å². The number of sulfonamides is 1. The third kappa shape index (κ3) is 6.13. The molecule has 0 aliphatic carbocycles. The lowest BCUT2D eigenvalue weighted by Crippen LogP contribution is -2.53. The lowest BCUT2D eigenvalue weighted by Gasteiger charge is -2.40. The second-order valence-corrected chi connectivity index (χ2v) is 12.9. The summed E-state index contributed by atoms with van der Waals surface area (Å²) in [5.74, 6) is -3.41. The highest BCUT2D eigenvalue weighted by molar-refractivity contribution is 7.92. The molecule has 1 aromatic heterocycles. The molecule has 1 saturated heterocycles. The molecule has 1 atom stereocenters. The van der Waals surface area contributed by atoms with E-state index in [2.05, 4.69) is 9.71 Å². The van der Waals surface area contributed by atoms with Gasteiger partial charge < -0.3 is 10.6 Å². The number of piperazine rings is 1. The molecule has 5 aromatic rings. The van der Waals surface area contributed by atoms with Gasteiger partial charge in [-0.1, -0.05) is 24.3 Å². The summed E-state index contributed by atoms with van der Waals surface area (Å²) in [6.45, 7) is 2.65. The van der Waals surface area contributed by atoms with Crippen LogP contribution in [0.15, 0.2) is 96.0 Å². The molecule has 4 aromatic carbocycles. The Kier molecular flexibility index (Phi) is 8.41. The van der Waals surface area contributed by atoms with Gasteiger partial charge in [0.15, 0.2) is 11.6 Å². The van der Waals surface area contributed by atoms with E-state index in [-0.39, 0.29) is 41.2 Å². The number of nitrogen functional groups attached to an aromatic ring is 1. The van der Waals surface area contributed by atoms with Gasteiger partial charge in [0, 0.05) is 77.4 Å². The van der Waals surface area contributed by atoms with Crippen LogP contribution < -0.4 is 10.5 Å². The Bertz CT molecular complexity index is 2050. The van der Waals surface area contributed by atoms with Gasteiger partial charge in [-0.15, -0.1) is 0 Å². The Labute approximate surface area is 264 Å². The number of aromatic nitrogens is 1. The molecule has 6 rings (SSSR count). The molecule has 1 aliphatic heterocycles. The van der Waals surface area contributed by atoms with E-state index in [9.17, 15) is 26.4 Å². The third-order valence-electron chi connectivity index (χ3n) is 8.09. The van der Waals surface area contributed by atoms with Crippen LogP contribution in [0.1, 0.15) is 22.8 Å². The van der Waals surface area contributed by atoms with Crippen LogP contribution in [0.25, 0.3) is 22.0 Å². The van der Waals surface area contributed by atoms with Crippen LogP contribution in [0, 0.1) is 17.5 Å². The summed E-state index contributed by atoms with van der Waals surface area (Å²) in [5, 5.41) is 0.851. The maximum Gasteiger partial charge on any atom is 0.262 e. The van der Waals surface area contributed by atoms with Crippen LogP contribution in [0.3, 0.4) is 0 Å². The van der Waals surface area contributed by atoms with Crippen molar-refractivity contribution in [2.24, 2.45) is 0 Å². The molecule has 1 fully saturated rings. The number of nitrogens with two attached hydrogens (primary N) is 1. The number of carbonyl (C=O) groups excluding carboxylic acids is 1. The van der Waals surface area contributed by atoms with Gasteiger partial charge in [0.2, 0.25) is 0 Å². The van der Waals surface area contributed by atoms with Gasteiger partial charge in [-0.2, -0.15) is 0 Å². The number of nitrogens with zero attached hydrogens (tertiary/aromatic N) is 3. The average molecular weight is 646 g/mol. The van der Waals surface area contributed by atoms with Crippen molar-refractivity contribution in [1.82, 2.24) is 14.8 Å². The number of benzene rings is 4. The second-order valence-electron chi connectivity index (χ2n) is 11.2. The lowest BCUT2D eigenvalue weighted by atomic mass is 10.0. The molecule has 236 valence electrons. The van der Waals surface area contributed by atoms with Crippen molar-refractivity contribution in [2.75, 3.05) is 30.1 Å². The van der Waals surface area contributed by atoms with Crippen LogP contribution in [-0.2, 0) is 16.6 Å². The molecule has 12 heteroatoms. The van der Waals surface area contributed by atoms with Crippen LogP contribution in [0.5, 0.6) is 0 Å². The highest BCUT2D eigenvalue weighted by Crippen LogP contribution is 2.34. The van der Waals surface area contributed by atoms with Crippen LogP contribution in [0.4, 0.5) is 24.5 Å². The number of rotatable bonds is 7. The van der Waals surface area contributed by atoms with E-state index >= 15 is 0 Å². The number of carbonyl (C=O) groups is 1. The molecular weight excluding hydrogens is 615 g/mol. The SMILES string of the molecule is C[C@H]1CN(Cc2c(F)ccc(F)c2F)CCN1C(=O)c1ccc(NS(=O)(=O)c2ccc(N)cc2-c2cccc3cccnc23)cc1. The standard InChI is InChI=1S/C34H30F3N5O3S/c1-21-19-41(20-28-29(35)12-13-30(36)32(28)37)16-17-42(21)34(43)23-7-10-25(11-8-23)40-46(44,45)31-14-9-24(38)18-27(31)26-6-2-4-22-5-3-15-39-33(22)26/h2-15,18,21,40H,16-17,19-20,38H2,1H3/t21-/m0/s1. The van der Waals surface area contributed by atoms with E-state index in [1.165, 1.54) is 36.4 Å². The minimum Gasteiger partial charge on any atom is -0.399 e. The molecule has 1 amide bonds. The van der Waals surface area contributed by atoms with Gasteiger partial charge >= 0.3 is 0 Å². The third-order valence-corrected chi connectivity index (χ3v) is 9.53. The van der Waals surface area contributed by atoms with Crippen molar-refractivity contribution in [3.05, 3.63) is 120 Å². The van der Waals surface area contributed by atoms with Crippen molar-refractivity contribution in [1.29, 1.82) is 0 Å². The zero-order valence-corrected chi connectivity index (χ0v) is 25.6. The Balaban J connectivity index is 1.17.